The molecule has 8 nitrogen and oxygen atoms in total. The first-order valence-electron chi connectivity index (χ1n) is 6.75. The van der Waals surface area contributed by atoms with Gasteiger partial charge in [-0.15, -0.1) is 0 Å². The number of nitrogens with zero attached hydrogens (tertiary/aromatic N) is 3. The van der Waals surface area contributed by atoms with Crippen molar-refractivity contribution in [2.45, 2.75) is 13.5 Å². The second kappa shape index (κ2) is 5.86. The normalized spacial score (nSPS) is 10.8. The van der Waals surface area contributed by atoms with E-state index >= 15 is 0 Å². The standard InChI is InChI=1S/C14H15N5O3/c1-2-21-14(20)11-6-16-13-10(12(11)18-15)7-17-19(13)8-9-4-3-5-22-9/h3-7H,2,8,15H2,1H3,(H,16,18). The van der Waals surface area contributed by atoms with E-state index < -0.39 is 5.97 Å². The minimum Gasteiger partial charge on any atom is -0.467 e. The minimum absolute atomic E-state index is 0.273. The number of fused-ring (bicyclic) bond motifs is 1. The molecule has 3 aromatic rings. The highest BCUT2D eigenvalue weighted by atomic mass is 16.5. The molecule has 0 unspecified atom stereocenters. The quantitative estimate of drug-likeness (QED) is 0.418. The molecule has 0 amide bonds. The Morgan fingerprint density at radius 3 is 3.05 bits per heavy atom. The number of ether oxygens (including phenoxy) is 1. The maximum atomic E-state index is 11.9. The zero-order chi connectivity index (χ0) is 15.5. The van der Waals surface area contributed by atoms with Crippen LogP contribution in [0.3, 0.4) is 0 Å². The highest BCUT2D eigenvalue weighted by Crippen LogP contribution is 2.26. The van der Waals surface area contributed by atoms with Crippen molar-refractivity contribution in [3.8, 4) is 0 Å². The number of esters is 1. The number of pyridine rings is 1. The second-order valence-corrected chi connectivity index (χ2v) is 4.53. The first-order chi connectivity index (χ1) is 10.7. The first kappa shape index (κ1) is 14.1. The van der Waals surface area contributed by atoms with Gasteiger partial charge in [0, 0.05) is 6.20 Å². The third-order valence-corrected chi connectivity index (χ3v) is 3.19. The van der Waals surface area contributed by atoms with E-state index in [-0.39, 0.29) is 12.2 Å². The number of nitrogens with two attached hydrogens (primary N) is 1. The van der Waals surface area contributed by atoms with Crippen LogP contribution in [0.15, 0.2) is 35.2 Å². The molecule has 0 spiro atoms. The van der Waals surface area contributed by atoms with Crippen molar-refractivity contribution in [2.24, 2.45) is 5.84 Å². The summed E-state index contributed by atoms with van der Waals surface area (Å²) in [5, 5.41) is 4.91. The van der Waals surface area contributed by atoms with Crippen molar-refractivity contribution < 1.29 is 13.9 Å². The van der Waals surface area contributed by atoms with E-state index in [0.717, 1.165) is 5.76 Å². The number of furan rings is 1. The summed E-state index contributed by atoms with van der Waals surface area (Å²) in [7, 11) is 0. The Morgan fingerprint density at radius 1 is 1.50 bits per heavy atom. The molecule has 0 radical (unpaired) electrons. The molecule has 0 aliphatic heterocycles. The van der Waals surface area contributed by atoms with Crippen LogP contribution < -0.4 is 11.3 Å². The van der Waals surface area contributed by atoms with Crippen LogP contribution in [0.4, 0.5) is 5.69 Å². The van der Waals surface area contributed by atoms with Crippen LogP contribution in [-0.2, 0) is 11.3 Å². The Balaban J connectivity index is 2.04. The van der Waals surface area contributed by atoms with Gasteiger partial charge in [-0.1, -0.05) is 0 Å². The van der Waals surface area contributed by atoms with Gasteiger partial charge in [-0.25, -0.2) is 14.5 Å². The maximum Gasteiger partial charge on any atom is 0.341 e. The van der Waals surface area contributed by atoms with Gasteiger partial charge in [0.2, 0.25) is 0 Å². The molecule has 3 heterocycles. The second-order valence-electron chi connectivity index (χ2n) is 4.53. The molecule has 0 aromatic carbocycles. The average molecular weight is 301 g/mol. The Hall–Kier alpha value is -2.87. The Labute approximate surface area is 125 Å². The maximum absolute atomic E-state index is 11.9. The van der Waals surface area contributed by atoms with Crippen molar-refractivity contribution in [2.75, 3.05) is 12.0 Å². The number of nitrogen functional groups attached to an aromatic ring is 1. The van der Waals surface area contributed by atoms with Crippen LogP contribution in [0.2, 0.25) is 0 Å². The van der Waals surface area contributed by atoms with Gasteiger partial charge >= 0.3 is 5.97 Å². The number of carbonyl (C=O) groups excluding carboxylic acids is 1. The van der Waals surface area contributed by atoms with E-state index in [9.17, 15) is 4.79 Å². The fourth-order valence-electron chi connectivity index (χ4n) is 2.21. The van der Waals surface area contributed by atoms with Crippen LogP contribution in [0.1, 0.15) is 23.0 Å². The van der Waals surface area contributed by atoms with Crippen molar-refractivity contribution >= 4 is 22.7 Å². The summed E-state index contributed by atoms with van der Waals surface area (Å²) in [6, 6.07) is 3.66. The van der Waals surface area contributed by atoms with E-state index in [1.807, 2.05) is 6.07 Å². The molecule has 8 heteroatoms. The molecule has 114 valence electrons. The fourth-order valence-corrected chi connectivity index (χ4v) is 2.21. The number of anilines is 1. The fraction of sp³-hybridized carbons (Fsp3) is 0.214. The van der Waals surface area contributed by atoms with Gasteiger partial charge in [-0.2, -0.15) is 5.10 Å². The van der Waals surface area contributed by atoms with Crippen LogP contribution in [0.5, 0.6) is 0 Å². The Morgan fingerprint density at radius 2 is 2.36 bits per heavy atom. The third kappa shape index (κ3) is 2.40. The highest BCUT2D eigenvalue weighted by molar-refractivity contribution is 6.03. The smallest absolute Gasteiger partial charge is 0.341 e. The highest BCUT2D eigenvalue weighted by Gasteiger charge is 2.18. The van der Waals surface area contributed by atoms with E-state index in [1.165, 1.54) is 6.20 Å². The van der Waals surface area contributed by atoms with E-state index in [0.29, 0.717) is 23.3 Å². The minimum atomic E-state index is -0.483. The van der Waals surface area contributed by atoms with Gasteiger partial charge < -0.3 is 14.6 Å². The molecule has 0 saturated heterocycles. The van der Waals surface area contributed by atoms with E-state index in [1.54, 1.807) is 30.1 Å². The Kier molecular flexibility index (Phi) is 3.75. The van der Waals surface area contributed by atoms with E-state index in [4.69, 9.17) is 15.0 Å². The predicted octanol–water partition coefficient (Wildman–Crippen LogP) is 1.53. The van der Waals surface area contributed by atoms with Crippen molar-refractivity contribution in [1.29, 1.82) is 0 Å². The summed E-state index contributed by atoms with van der Waals surface area (Å²) in [6.07, 6.45) is 4.62. The molecule has 0 aliphatic carbocycles. The largest absolute Gasteiger partial charge is 0.467 e. The summed E-state index contributed by atoms with van der Waals surface area (Å²) in [6.45, 7) is 2.45. The SMILES string of the molecule is CCOC(=O)c1cnc2c(cnn2Cc2ccco2)c1NN. The van der Waals surface area contributed by atoms with Gasteiger partial charge in [0.1, 0.15) is 17.9 Å². The lowest BCUT2D eigenvalue weighted by Gasteiger charge is -2.09. The summed E-state index contributed by atoms with van der Waals surface area (Å²) in [5.41, 5.74) is 3.84. The number of hydrazine groups is 1. The molecule has 3 aromatic heterocycles. The van der Waals surface area contributed by atoms with Gasteiger partial charge in [0.05, 0.1) is 30.1 Å². The van der Waals surface area contributed by atoms with Gasteiger partial charge in [-0.05, 0) is 19.1 Å². The lowest BCUT2D eigenvalue weighted by Crippen LogP contribution is -2.15. The number of hydrogen-bond donors (Lipinski definition) is 2. The monoisotopic (exact) mass is 301 g/mol. The topological polar surface area (TPSA) is 108 Å². The molecule has 0 atom stereocenters. The van der Waals surface area contributed by atoms with Crippen molar-refractivity contribution in [1.82, 2.24) is 14.8 Å². The lowest BCUT2D eigenvalue weighted by atomic mass is 10.2. The van der Waals surface area contributed by atoms with Crippen molar-refractivity contribution in [3.63, 3.8) is 0 Å². The molecule has 0 saturated carbocycles. The van der Waals surface area contributed by atoms with Gasteiger partial charge in [-0.3, -0.25) is 5.84 Å². The molecule has 3 N–H and O–H groups in total. The van der Waals surface area contributed by atoms with Gasteiger partial charge in [0.15, 0.2) is 5.65 Å². The molecule has 0 aliphatic rings. The lowest BCUT2D eigenvalue weighted by molar-refractivity contribution is 0.0527. The first-order valence-corrected chi connectivity index (χ1v) is 6.75. The summed E-state index contributed by atoms with van der Waals surface area (Å²) < 4.78 is 12.0. The summed E-state index contributed by atoms with van der Waals surface area (Å²) in [4.78, 5) is 16.2. The number of nitrogens with one attached hydrogen (secondary N) is 1. The predicted molar refractivity (Wildman–Crippen MR) is 79.1 cm³/mol. The molecule has 0 fully saturated rings. The summed E-state index contributed by atoms with van der Waals surface area (Å²) >= 11 is 0. The van der Waals surface area contributed by atoms with Crippen LogP contribution in [-0.4, -0.2) is 27.3 Å². The molecular formula is C14H15N5O3. The zero-order valence-corrected chi connectivity index (χ0v) is 11.9. The zero-order valence-electron chi connectivity index (χ0n) is 11.9. The molecule has 3 rings (SSSR count). The third-order valence-electron chi connectivity index (χ3n) is 3.19. The summed E-state index contributed by atoms with van der Waals surface area (Å²) in [5.74, 6) is 5.83. The van der Waals surface area contributed by atoms with Crippen LogP contribution in [0.25, 0.3) is 11.0 Å². The molecular weight excluding hydrogens is 286 g/mol. The number of hydrogen-bond acceptors (Lipinski definition) is 7. The van der Waals surface area contributed by atoms with Crippen molar-refractivity contribution in [3.05, 3.63) is 42.1 Å². The van der Waals surface area contributed by atoms with Crippen LogP contribution in [0, 0.1) is 0 Å². The average Bonchev–Trinajstić information content (AvgIpc) is 3.17. The number of aromatic nitrogens is 3. The van der Waals surface area contributed by atoms with Gasteiger partial charge in [0.25, 0.3) is 0 Å². The number of carbonyl (C=O) groups is 1. The number of rotatable bonds is 5. The Bertz CT molecular complexity index is 794. The molecule has 22 heavy (non-hydrogen) atoms. The molecule has 0 bridgehead atoms. The van der Waals surface area contributed by atoms with E-state index in [2.05, 4.69) is 15.5 Å². The van der Waals surface area contributed by atoms with Crippen LogP contribution >= 0.6 is 0 Å².